The fourth-order valence-corrected chi connectivity index (χ4v) is 4.83. The van der Waals surface area contributed by atoms with E-state index in [1.807, 2.05) is 12.1 Å². The lowest BCUT2D eigenvalue weighted by atomic mass is 10.1. The number of nitrogens with one attached hydrogen (secondary N) is 1. The number of hydrogen-bond donors (Lipinski definition) is 1. The van der Waals surface area contributed by atoms with Crippen LogP contribution < -0.4 is 5.32 Å². The zero-order valence-corrected chi connectivity index (χ0v) is 21.7. The monoisotopic (exact) mass is 560 g/mol. The minimum Gasteiger partial charge on any atom is -0.469 e. The van der Waals surface area contributed by atoms with Crippen molar-refractivity contribution in [2.45, 2.75) is 51.0 Å². The number of aliphatic imine (C=N–C) groups is 1. The maximum atomic E-state index is 6.27. The highest BCUT2D eigenvalue weighted by molar-refractivity contribution is 14.0. The molecule has 0 spiro atoms. The lowest BCUT2D eigenvalue weighted by molar-refractivity contribution is 0.000987. The van der Waals surface area contributed by atoms with Crippen LogP contribution in [0.3, 0.4) is 0 Å². The summed E-state index contributed by atoms with van der Waals surface area (Å²) in [5.41, 5.74) is 0. The molecule has 2 aliphatic heterocycles. The third kappa shape index (κ3) is 8.50. The van der Waals surface area contributed by atoms with Crippen LogP contribution in [0.2, 0.25) is 0 Å². The normalized spacial score (nSPS) is 21.6. The van der Waals surface area contributed by atoms with E-state index in [1.54, 1.807) is 6.26 Å². The third-order valence-corrected chi connectivity index (χ3v) is 6.80. The van der Waals surface area contributed by atoms with Crippen LogP contribution in [0, 0.1) is 5.92 Å². The number of ether oxygens (including phenoxy) is 2. The van der Waals surface area contributed by atoms with E-state index in [0.717, 1.165) is 103 Å². The summed E-state index contributed by atoms with van der Waals surface area (Å²) in [7, 11) is 0. The number of piperidine rings is 1. The molecule has 0 radical (unpaired) electrons. The summed E-state index contributed by atoms with van der Waals surface area (Å²) >= 11 is 0. The zero-order chi connectivity index (χ0) is 21.1. The van der Waals surface area contributed by atoms with Crippen molar-refractivity contribution < 1.29 is 13.9 Å². The summed E-state index contributed by atoms with van der Waals surface area (Å²) in [6.45, 7) is 9.35. The number of halogens is 1. The van der Waals surface area contributed by atoms with E-state index in [1.165, 1.54) is 25.7 Å². The molecule has 2 saturated heterocycles. The van der Waals surface area contributed by atoms with Gasteiger partial charge in [0.2, 0.25) is 0 Å². The summed E-state index contributed by atoms with van der Waals surface area (Å²) in [5, 5.41) is 3.59. The first-order chi connectivity index (χ1) is 15.4. The van der Waals surface area contributed by atoms with E-state index < -0.39 is 0 Å². The number of likely N-dealkylation sites (tertiary alicyclic amines) is 1. The van der Waals surface area contributed by atoms with Crippen LogP contribution in [0.25, 0.3) is 0 Å². The topological polar surface area (TPSA) is 62.5 Å². The van der Waals surface area contributed by atoms with E-state index in [0.29, 0.717) is 6.10 Å². The van der Waals surface area contributed by atoms with Gasteiger partial charge in [0.15, 0.2) is 5.96 Å². The van der Waals surface area contributed by atoms with Crippen LogP contribution in [-0.4, -0.2) is 87.5 Å². The van der Waals surface area contributed by atoms with Crippen LogP contribution >= 0.6 is 24.0 Å². The Morgan fingerprint density at radius 1 is 1.09 bits per heavy atom. The first-order valence-electron chi connectivity index (χ1n) is 12.3. The second-order valence-corrected chi connectivity index (χ2v) is 9.09. The molecular weight excluding hydrogens is 519 g/mol. The molecule has 0 unspecified atom stereocenters. The van der Waals surface area contributed by atoms with Gasteiger partial charge in [-0.1, -0.05) is 12.8 Å². The smallest absolute Gasteiger partial charge is 0.193 e. The molecule has 1 aromatic heterocycles. The molecule has 3 aliphatic rings. The Bertz CT molecular complexity index is 638. The molecule has 3 heterocycles. The Morgan fingerprint density at radius 3 is 2.59 bits per heavy atom. The molecule has 1 N–H and O–H groups in total. The molecule has 1 saturated carbocycles. The molecule has 0 atom stereocenters. The van der Waals surface area contributed by atoms with Gasteiger partial charge in [0.1, 0.15) is 5.76 Å². The average Bonchev–Trinajstić information content (AvgIpc) is 3.52. The highest BCUT2D eigenvalue weighted by atomic mass is 127. The molecule has 32 heavy (non-hydrogen) atoms. The zero-order valence-electron chi connectivity index (χ0n) is 19.4. The van der Waals surface area contributed by atoms with Crippen molar-refractivity contribution in [1.29, 1.82) is 0 Å². The summed E-state index contributed by atoms with van der Waals surface area (Å²) in [4.78, 5) is 9.83. The molecule has 4 rings (SSSR count). The summed E-state index contributed by atoms with van der Waals surface area (Å²) in [6, 6.07) is 3.98. The lowest BCUT2D eigenvalue weighted by Crippen LogP contribution is -2.48. The molecule has 1 aliphatic carbocycles. The first-order valence-corrected chi connectivity index (χ1v) is 12.3. The highest BCUT2D eigenvalue weighted by Crippen LogP contribution is 2.26. The van der Waals surface area contributed by atoms with Crippen LogP contribution in [0.5, 0.6) is 0 Å². The van der Waals surface area contributed by atoms with Gasteiger partial charge in [-0.3, -0.25) is 9.89 Å². The van der Waals surface area contributed by atoms with E-state index in [-0.39, 0.29) is 24.0 Å². The predicted molar refractivity (Wildman–Crippen MR) is 138 cm³/mol. The number of guanidine groups is 1. The minimum absolute atomic E-state index is 0. The number of morpholine rings is 1. The molecule has 0 aromatic carbocycles. The highest BCUT2D eigenvalue weighted by Gasteiger charge is 2.24. The Morgan fingerprint density at radius 2 is 1.88 bits per heavy atom. The number of nitrogens with zero attached hydrogens (tertiary/aromatic N) is 3. The minimum atomic E-state index is 0. The van der Waals surface area contributed by atoms with Crippen molar-refractivity contribution in [3.05, 3.63) is 24.2 Å². The molecular formula is C24H41IN4O3. The van der Waals surface area contributed by atoms with Gasteiger partial charge in [-0.05, 0) is 43.7 Å². The van der Waals surface area contributed by atoms with Crippen molar-refractivity contribution >= 4 is 29.9 Å². The Kier molecular flexibility index (Phi) is 11.6. The average molecular weight is 561 g/mol. The number of rotatable bonds is 9. The number of furan rings is 1. The summed E-state index contributed by atoms with van der Waals surface area (Å²) < 4.78 is 17.2. The van der Waals surface area contributed by atoms with Crippen molar-refractivity contribution in [3.8, 4) is 0 Å². The fourth-order valence-electron chi connectivity index (χ4n) is 4.83. The van der Waals surface area contributed by atoms with E-state index in [2.05, 4.69) is 15.1 Å². The van der Waals surface area contributed by atoms with Gasteiger partial charge in [0.05, 0.1) is 32.1 Å². The fraction of sp³-hybridized carbons (Fsp3) is 0.792. The van der Waals surface area contributed by atoms with Crippen molar-refractivity contribution in [2.24, 2.45) is 10.9 Å². The maximum absolute atomic E-state index is 6.27. The lowest BCUT2D eigenvalue weighted by Gasteiger charge is -2.35. The standard InChI is InChI=1S/C24H40N4O3.HI/c1-2-5-21(4-1)20-31-23-8-12-28(13-9-23)24(25-10-7-22-6-3-17-30-22)26-11-14-27-15-18-29-19-16-27;/h3,6,17,21,23H,1-2,4-5,7-16,18-20H2,(H,25,26);1H. The Balaban J connectivity index is 0.00000289. The molecule has 8 heteroatoms. The predicted octanol–water partition coefficient (Wildman–Crippen LogP) is 3.39. The van der Waals surface area contributed by atoms with Gasteiger partial charge >= 0.3 is 0 Å². The number of hydrogen-bond acceptors (Lipinski definition) is 5. The molecule has 7 nitrogen and oxygen atoms in total. The van der Waals surface area contributed by atoms with Crippen LogP contribution in [0.4, 0.5) is 0 Å². The Labute approximate surface area is 210 Å². The van der Waals surface area contributed by atoms with Crippen molar-refractivity contribution in [3.63, 3.8) is 0 Å². The third-order valence-electron chi connectivity index (χ3n) is 6.80. The van der Waals surface area contributed by atoms with Gasteiger partial charge in [-0.15, -0.1) is 24.0 Å². The molecule has 3 fully saturated rings. The van der Waals surface area contributed by atoms with Gasteiger partial charge in [-0.2, -0.15) is 0 Å². The van der Waals surface area contributed by atoms with Gasteiger partial charge in [0, 0.05) is 52.3 Å². The van der Waals surface area contributed by atoms with Crippen LogP contribution in [0.1, 0.15) is 44.3 Å². The largest absolute Gasteiger partial charge is 0.469 e. The second kappa shape index (κ2) is 14.4. The molecule has 1 aromatic rings. The summed E-state index contributed by atoms with van der Waals surface area (Å²) in [5.74, 6) is 2.85. The van der Waals surface area contributed by atoms with Gasteiger partial charge in [-0.25, -0.2) is 0 Å². The molecule has 0 amide bonds. The van der Waals surface area contributed by atoms with Gasteiger partial charge in [0.25, 0.3) is 0 Å². The Hall–Kier alpha value is -0.840. The van der Waals surface area contributed by atoms with Crippen molar-refractivity contribution in [1.82, 2.24) is 15.1 Å². The first kappa shape index (κ1) is 25.8. The SMILES string of the molecule is I.c1coc(CCNC(=NCCN2CCOCC2)N2CCC(OCC3CCCC3)CC2)c1. The van der Waals surface area contributed by atoms with Crippen molar-refractivity contribution in [2.75, 3.05) is 65.6 Å². The van der Waals surface area contributed by atoms with E-state index in [9.17, 15) is 0 Å². The maximum Gasteiger partial charge on any atom is 0.193 e. The van der Waals surface area contributed by atoms with E-state index in [4.69, 9.17) is 18.9 Å². The molecule has 182 valence electrons. The quantitative estimate of drug-likeness (QED) is 0.284. The van der Waals surface area contributed by atoms with Gasteiger partial charge < -0.3 is 24.1 Å². The molecule has 0 bridgehead atoms. The summed E-state index contributed by atoms with van der Waals surface area (Å²) in [6.07, 6.45) is 10.7. The second-order valence-electron chi connectivity index (χ2n) is 9.09. The van der Waals surface area contributed by atoms with Crippen LogP contribution in [-0.2, 0) is 15.9 Å². The van der Waals surface area contributed by atoms with E-state index >= 15 is 0 Å². The van der Waals surface area contributed by atoms with Crippen LogP contribution in [0.15, 0.2) is 27.8 Å².